The van der Waals surface area contributed by atoms with E-state index >= 15 is 0 Å². The van der Waals surface area contributed by atoms with E-state index in [1.54, 1.807) is 24.9 Å². The normalized spacial score (nSPS) is 13.8. The number of hydrogen-bond acceptors (Lipinski definition) is 6. The summed E-state index contributed by atoms with van der Waals surface area (Å²) < 4.78 is 42.9. The van der Waals surface area contributed by atoms with Gasteiger partial charge in [0.1, 0.15) is 11.5 Å². The number of aromatic nitrogens is 4. The number of carbonyl (C=O) groups excluding carboxylic acids is 1. The molecule has 2 aromatic heterocycles. The van der Waals surface area contributed by atoms with Crippen LogP contribution in [-0.2, 0) is 17.3 Å². The molecule has 1 aromatic carbocycles. The van der Waals surface area contributed by atoms with Crippen LogP contribution in [0, 0.1) is 6.92 Å². The number of carbonyl (C=O) groups is 1. The number of hydrogen-bond donors (Lipinski definition) is 3. The standard InChI is InChI=1S/C19H19F3N6O2/c1-10-3-4-12(18(9-29,17(24)30)19(20,21)22)5-13(10)14-7-25-16(23)15(27-14)11-6-26-28(2)8-11/h3-8,29H,9H2,1-2H3,(H2,23,25)(H2,24,30)/t18-/m1/s1. The van der Waals surface area contributed by atoms with E-state index in [9.17, 15) is 23.1 Å². The highest BCUT2D eigenvalue weighted by molar-refractivity contribution is 5.88. The molecule has 11 heteroatoms. The summed E-state index contributed by atoms with van der Waals surface area (Å²) in [4.78, 5) is 20.3. The molecule has 0 aliphatic heterocycles. The van der Waals surface area contributed by atoms with Crippen molar-refractivity contribution in [2.45, 2.75) is 18.5 Å². The van der Waals surface area contributed by atoms with E-state index in [4.69, 9.17) is 11.5 Å². The van der Waals surface area contributed by atoms with Crippen LogP contribution >= 0.6 is 0 Å². The second kappa shape index (κ2) is 7.41. The van der Waals surface area contributed by atoms with Crippen molar-refractivity contribution in [1.82, 2.24) is 19.7 Å². The number of aliphatic hydroxyl groups is 1. The van der Waals surface area contributed by atoms with Crippen molar-refractivity contribution in [3.05, 3.63) is 47.9 Å². The maximum absolute atomic E-state index is 13.8. The molecule has 0 aliphatic carbocycles. The van der Waals surface area contributed by atoms with Gasteiger partial charge in [-0.05, 0) is 24.1 Å². The highest BCUT2D eigenvalue weighted by Crippen LogP contribution is 2.42. The highest BCUT2D eigenvalue weighted by Gasteiger charge is 2.60. The van der Waals surface area contributed by atoms with E-state index in [1.807, 2.05) is 0 Å². The Morgan fingerprint density at radius 3 is 2.50 bits per heavy atom. The van der Waals surface area contributed by atoms with Gasteiger partial charge in [0, 0.05) is 24.4 Å². The van der Waals surface area contributed by atoms with Crippen LogP contribution in [0.2, 0.25) is 0 Å². The van der Waals surface area contributed by atoms with Crippen LogP contribution in [-0.4, -0.2) is 43.5 Å². The average molecular weight is 420 g/mol. The van der Waals surface area contributed by atoms with Crippen molar-refractivity contribution in [2.75, 3.05) is 12.3 Å². The fourth-order valence-corrected chi connectivity index (χ4v) is 3.15. The van der Waals surface area contributed by atoms with Gasteiger partial charge in [0.25, 0.3) is 0 Å². The smallest absolute Gasteiger partial charge is 0.395 e. The number of rotatable bonds is 5. The summed E-state index contributed by atoms with van der Waals surface area (Å²) in [6.45, 7) is 0.141. The number of benzene rings is 1. The molecule has 3 rings (SSSR count). The number of halogens is 3. The maximum atomic E-state index is 13.8. The van der Waals surface area contributed by atoms with Crippen LogP contribution in [0.4, 0.5) is 19.0 Å². The van der Waals surface area contributed by atoms with Gasteiger partial charge in [0.2, 0.25) is 5.91 Å². The van der Waals surface area contributed by atoms with E-state index in [0.29, 0.717) is 16.8 Å². The molecule has 0 bridgehead atoms. The number of aliphatic hydroxyl groups excluding tert-OH is 1. The highest BCUT2D eigenvalue weighted by atomic mass is 19.4. The van der Waals surface area contributed by atoms with Crippen LogP contribution in [0.25, 0.3) is 22.5 Å². The Morgan fingerprint density at radius 2 is 1.97 bits per heavy atom. The van der Waals surface area contributed by atoms with Crippen molar-refractivity contribution >= 4 is 11.7 Å². The van der Waals surface area contributed by atoms with Gasteiger partial charge in [-0.15, -0.1) is 0 Å². The summed E-state index contributed by atoms with van der Waals surface area (Å²) in [6.07, 6.45) is -0.588. The molecule has 0 saturated heterocycles. The van der Waals surface area contributed by atoms with E-state index in [0.717, 1.165) is 12.1 Å². The molecule has 8 nitrogen and oxygen atoms in total. The van der Waals surface area contributed by atoms with Crippen LogP contribution in [0.5, 0.6) is 0 Å². The topological polar surface area (TPSA) is 133 Å². The molecule has 158 valence electrons. The molecule has 0 fully saturated rings. The maximum Gasteiger partial charge on any atom is 0.409 e. The minimum atomic E-state index is -5.10. The molecule has 5 N–H and O–H groups in total. The van der Waals surface area contributed by atoms with E-state index in [-0.39, 0.29) is 17.1 Å². The SMILES string of the molecule is Cc1ccc([C@](CO)(C(N)=O)C(F)(F)F)cc1-c1cnc(N)c(-c2cnn(C)c2)n1. The van der Waals surface area contributed by atoms with Gasteiger partial charge in [0.05, 0.1) is 24.7 Å². The lowest BCUT2D eigenvalue weighted by molar-refractivity contribution is -0.201. The predicted octanol–water partition coefficient (Wildman–Crippen LogP) is 1.71. The molecule has 30 heavy (non-hydrogen) atoms. The van der Waals surface area contributed by atoms with E-state index in [1.165, 1.54) is 18.5 Å². The number of alkyl halides is 3. The van der Waals surface area contributed by atoms with Gasteiger partial charge in [0.15, 0.2) is 5.41 Å². The van der Waals surface area contributed by atoms with Crippen LogP contribution in [0.15, 0.2) is 36.8 Å². The molecule has 3 aromatic rings. The lowest BCUT2D eigenvalue weighted by Gasteiger charge is -2.31. The predicted molar refractivity (Wildman–Crippen MR) is 103 cm³/mol. The first-order valence-corrected chi connectivity index (χ1v) is 8.71. The minimum absolute atomic E-state index is 0.123. The molecule has 0 spiro atoms. The van der Waals surface area contributed by atoms with Crippen LogP contribution in [0.1, 0.15) is 11.1 Å². The third kappa shape index (κ3) is 3.36. The summed E-state index contributed by atoms with van der Waals surface area (Å²) >= 11 is 0. The Balaban J connectivity index is 2.21. The Morgan fingerprint density at radius 1 is 1.27 bits per heavy atom. The fourth-order valence-electron chi connectivity index (χ4n) is 3.15. The first kappa shape index (κ1) is 21.2. The molecule has 2 heterocycles. The zero-order valence-corrected chi connectivity index (χ0v) is 16.1. The first-order valence-electron chi connectivity index (χ1n) is 8.71. The number of amides is 1. The second-order valence-electron chi connectivity index (χ2n) is 6.85. The Labute approximate surface area is 169 Å². The molecule has 0 radical (unpaired) electrons. The van der Waals surface area contributed by atoms with Gasteiger partial charge in [-0.2, -0.15) is 18.3 Å². The Hall–Kier alpha value is -3.47. The monoisotopic (exact) mass is 420 g/mol. The molecular formula is C19H19F3N6O2. The van der Waals surface area contributed by atoms with Crippen molar-refractivity contribution < 1.29 is 23.1 Å². The van der Waals surface area contributed by atoms with Crippen molar-refractivity contribution in [2.24, 2.45) is 12.8 Å². The van der Waals surface area contributed by atoms with Gasteiger partial charge < -0.3 is 16.6 Å². The largest absolute Gasteiger partial charge is 0.409 e. The first-order chi connectivity index (χ1) is 14.0. The third-order valence-corrected chi connectivity index (χ3v) is 4.93. The molecule has 1 atom stereocenters. The average Bonchev–Trinajstić information content (AvgIpc) is 3.09. The van der Waals surface area contributed by atoms with Crippen molar-refractivity contribution in [3.8, 4) is 22.5 Å². The van der Waals surface area contributed by atoms with Crippen LogP contribution < -0.4 is 11.5 Å². The van der Waals surface area contributed by atoms with Gasteiger partial charge >= 0.3 is 6.18 Å². The third-order valence-electron chi connectivity index (χ3n) is 4.93. The quantitative estimate of drug-likeness (QED) is 0.576. The molecule has 0 aliphatic rings. The van der Waals surface area contributed by atoms with E-state index in [2.05, 4.69) is 15.1 Å². The zero-order chi connectivity index (χ0) is 22.3. The van der Waals surface area contributed by atoms with Crippen LogP contribution in [0.3, 0.4) is 0 Å². The summed E-state index contributed by atoms with van der Waals surface area (Å²) in [5.41, 5.74) is 9.24. The minimum Gasteiger partial charge on any atom is -0.395 e. The summed E-state index contributed by atoms with van der Waals surface area (Å²) in [6, 6.07) is 3.64. The van der Waals surface area contributed by atoms with Crippen molar-refractivity contribution in [3.63, 3.8) is 0 Å². The number of aryl methyl sites for hydroxylation is 2. The Bertz CT molecular complexity index is 1110. The van der Waals surface area contributed by atoms with Crippen molar-refractivity contribution in [1.29, 1.82) is 0 Å². The second-order valence-corrected chi connectivity index (χ2v) is 6.85. The van der Waals surface area contributed by atoms with E-state index < -0.39 is 29.7 Å². The fraction of sp³-hybridized carbons (Fsp3) is 0.263. The number of primary amides is 1. The number of nitrogen functional groups attached to an aromatic ring is 1. The lowest BCUT2D eigenvalue weighted by Crippen LogP contribution is -2.55. The number of anilines is 1. The summed E-state index contributed by atoms with van der Waals surface area (Å²) in [7, 11) is 1.71. The molecule has 1 amide bonds. The number of nitrogens with two attached hydrogens (primary N) is 2. The molecular weight excluding hydrogens is 401 g/mol. The Kier molecular flexibility index (Phi) is 5.25. The van der Waals surface area contributed by atoms with Gasteiger partial charge in [-0.25, -0.2) is 9.97 Å². The molecule has 0 unspecified atom stereocenters. The summed E-state index contributed by atoms with van der Waals surface area (Å²) in [5.74, 6) is -1.58. The van der Waals surface area contributed by atoms with Gasteiger partial charge in [-0.3, -0.25) is 9.48 Å². The molecule has 0 saturated carbocycles. The zero-order valence-electron chi connectivity index (χ0n) is 16.1. The number of nitrogens with zero attached hydrogens (tertiary/aromatic N) is 4. The lowest BCUT2D eigenvalue weighted by atomic mass is 9.78. The summed E-state index contributed by atoms with van der Waals surface area (Å²) in [5, 5.41) is 13.6. The van der Waals surface area contributed by atoms with Gasteiger partial charge in [-0.1, -0.05) is 12.1 Å².